The minimum Gasteiger partial charge on any atom is -0.356 e. The monoisotopic (exact) mass is 286 g/mol. The first-order valence-electron chi connectivity index (χ1n) is 7.71. The van der Waals surface area contributed by atoms with Gasteiger partial charge < -0.3 is 4.98 Å². The first kappa shape index (κ1) is 12.8. The lowest BCUT2D eigenvalue weighted by Gasteiger charge is -2.33. The van der Waals surface area contributed by atoms with Crippen LogP contribution in [0.25, 0.3) is 10.9 Å². The molecule has 106 valence electrons. The number of rotatable bonds is 1. The van der Waals surface area contributed by atoms with E-state index in [0.717, 1.165) is 5.92 Å². The molecular weight excluding hydrogens is 264 g/mol. The number of hydrogen-bond acceptors (Lipinski definition) is 2. The van der Waals surface area contributed by atoms with Crippen LogP contribution >= 0.6 is 11.8 Å². The van der Waals surface area contributed by atoms with Gasteiger partial charge in [0.2, 0.25) is 0 Å². The zero-order chi connectivity index (χ0) is 13.7. The number of para-hydroxylation sites is 1. The van der Waals surface area contributed by atoms with E-state index >= 15 is 0 Å². The molecule has 0 saturated carbocycles. The second kappa shape index (κ2) is 4.54. The Hall–Kier alpha value is -0.930. The Bertz CT molecular complexity index is 647. The zero-order valence-electron chi connectivity index (χ0n) is 12.3. The van der Waals surface area contributed by atoms with Crippen molar-refractivity contribution in [1.29, 1.82) is 0 Å². The lowest BCUT2D eigenvalue weighted by atomic mass is 9.89. The van der Waals surface area contributed by atoms with E-state index in [-0.39, 0.29) is 5.54 Å². The summed E-state index contributed by atoms with van der Waals surface area (Å²) in [5.41, 5.74) is 2.98. The van der Waals surface area contributed by atoms with E-state index in [1.165, 1.54) is 53.2 Å². The number of thioether (sulfide) groups is 1. The fourth-order valence-corrected chi connectivity index (χ4v) is 5.31. The number of fused-ring (bicyclic) bond motifs is 5. The third-order valence-corrected chi connectivity index (χ3v) is 6.34. The first-order chi connectivity index (χ1) is 9.72. The van der Waals surface area contributed by atoms with Gasteiger partial charge in [-0.15, -0.1) is 11.8 Å². The number of aromatic amines is 1. The summed E-state index contributed by atoms with van der Waals surface area (Å²) in [6.45, 7) is 7.26. The maximum atomic E-state index is 3.75. The van der Waals surface area contributed by atoms with E-state index in [4.69, 9.17) is 0 Å². The number of hydrogen-bond donors (Lipinski definition) is 1. The molecule has 0 radical (unpaired) electrons. The molecule has 0 amide bonds. The standard InChI is InChI=1S/C17H22N2S/c1-3-12-10-17(2)16-15(20-9-8-19(17)11-12)13-6-4-5-7-14(13)18-16/h4-7,12,18H,3,8-11H2,1-2H3/t12-,17+/m1/s1. The summed E-state index contributed by atoms with van der Waals surface area (Å²) in [7, 11) is 0. The zero-order valence-corrected chi connectivity index (χ0v) is 13.1. The molecule has 2 aliphatic heterocycles. The maximum Gasteiger partial charge on any atom is 0.0598 e. The van der Waals surface area contributed by atoms with Crippen LogP contribution in [0.1, 0.15) is 32.4 Å². The van der Waals surface area contributed by atoms with Crippen LogP contribution < -0.4 is 0 Å². The summed E-state index contributed by atoms with van der Waals surface area (Å²) in [5, 5.41) is 1.41. The summed E-state index contributed by atoms with van der Waals surface area (Å²) in [6, 6.07) is 8.77. The van der Waals surface area contributed by atoms with E-state index in [1.54, 1.807) is 0 Å². The molecule has 2 nitrogen and oxygen atoms in total. The van der Waals surface area contributed by atoms with Crippen LogP contribution in [0.15, 0.2) is 29.2 Å². The molecule has 1 aromatic carbocycles. The third kappa shape index (κ3) is 1.69. The molecule has 1 aromatic heterocycles. The molecule has 1 N–H and O–H groups in total. The van der Waals surface area contributed by atoms with Crippen LogP contribution in [0.4, 0.5) is 0 Å². The van der Waals surface area contributed by atoms with Gasteiger partial charge in [0, 0.05) is 34.6 Å². The van der Waals surface area contributed by atoms with Gasteiger partial charge in [-0.3, -0.25) is 4.90 Å². The molecular formula is C17H22N2S. The Balaban J connectivity index is 1.91. The average Bonchev–Trinajstić information content (AvgIpc) is 2.96. The van der Waals surface area contributed by atoms with Crippen molar-refractivity contribution in [2.24, 2.45) is 5.92 Å². The van der Waals surface area contributed by atoms with E-state index in [0.29, 0.717) is 0 Å². The Labute approximate surface area is 124 Å². The van der Waals surface area contributed by atoms with Crippen molar-refractivity contribution in [3.05, 3.63) is 30.0 Å². The van der Waals surface area contributed by atoms with Gasteiger partial charge in [-0.1, -0.05) is 31.5 Å². The second-order valence-electron chi connectivity index (χ2n) is 6.42. The third-order valence-electron chi connectivity index (χ3n) is 5.24. The number of H-pyrrole nitrogens is 1. The molecule has 3 heterocycles. The topological polar surface area (TPSA) is 19.0 Å². The molecule has 0 aliphatic carbocycles. The highest BCUT2D eigenvalue weighted by Crippen LogP contribution is 2.49. The maximum absolute atomic E-state index is 3.75. The molecule has 2 atom stereocenters. The van der Waals surface area contributed by atoms with Gasteiger partial charge in [-0.05, 0) is 25.3 Å². The molecule has 20 heavy (non-hydrogen) atoms. The molecule has 2 aliphatic rings. The smallest absolute Gasteiger partial charge is 0.0598 e. The average molecular weight is 286 g/mol. The minimum absolute atomic E-state index is 0.207. The summed E-state index contributed by atoms with van der Waals surface area (Å²) >= 11 is 2.04. The molecule has 3 heteroatoms. The molecule has 1 fully saturated rings. The Kier molecular flexibility index (Phi) is 2.90. The van der Waals surface area contributed by atoms with Crippen LogP contribution in [0.2, 0.25) is 0 Å². The van der Waals surface area contributed by atoms with Gasteiger partial charge >= 0.3 is 0 Å². The summed E-state index contributed by atoms with van der Waals surface area (Å²) < 4.78 is 0. The van der Waals surface area contributed by atoms with Crippen molar-refractivity contribution < 1.29 is 0 Å². The second-order valence-corrected chi connectivity index (χ2v) is 7.53. The van der Waals surface area contributed by atoms with Gasteiger partial charge in [0.25, 0.3) is 0 Å². The van der Waals surface area contributed by atoms with Crippen LogP contribution in [-0.4, -0.2) is 28.7 Å². The predicted octanol–water partition coefficient (Wildman–Crippen LogP) is 4.22. The number of nitrogens with one attached hydrogen (secondary N) is 1. The SMILES string of the molecule is CC[C@H]1CN2CCSc3c([nH]c4ccccc34)[C@]2(C)C1. The highest BCUT2D eigenvalue weighted by molar-refractivity contribution is 7.99. The predicted molar refractivity (Wildman–Crippen MR) is 86.3 cm³/mol. The molecule has 0 spiro atoms. The lowest BCUT2D eigenvalue weighted by molar-refractivity contribution is 0.162. The first-order valence-corrected chi connectivity index (χ1v) is 8.70. The van der Waals surface area contributed by atoms with Crippen LogP contribution in [0.5, 0.6) is 0 Å². The van der Waals surface area contributed by atoms with Gasteiger partial charge in [-0.25, -0.2) is 0 Å². The van der Waals surface area contributed by atoms with Gasteiger partial charge in [0.15, 0.2) is 0 Å². The molecule has 1 saturated heterocycles. The van der Waals surface area contributed by atoms with Gasteiger partial charge in [-0.2, -0.15) is 0 Å². The lowest BCUT2D eigenvalue weighted by Crippen LogP contribution is -2.39. The number of nitrogens with zero attached hydrogens (tertiary/aromatic N) is 1. The van der Waals surface area contributed by atoms with Crippen molar-refractivity contribution in [3.63, 3.8) is 0 Å². The van der Waals surface area contributed by atoms with E-state index < -0.39 is 0 Å². The molecule has 4 rings (SSSR count). The molecule has 2 aromatic rings. The van der Waals surface area contributed by atoms with Crippen molar-refractivity contribution in [3.8, 4) is 0 Å². The molecule has 0 bridgehead atoms. The van der Waals surface area contributed by atoms with Crippen LogP contribution in [0, 0.1) is 5.92 Å². The minimum atomic E-state index is 0.207. The van der Waals surface area contributed by atoms with Crippen molar-refractivity contribution in [2.75, 3.05) is 18.8 Å². The summed E-state index contributed by atoms with van der Waals surface area (Å²) in [5.74, 6) is 2.06. The highest BCUT2D eigenvalue weighted by atomic mass is 32.2. The normalized spacial score (nSPS) is 30.2. The van der Waals surface area contributed by atoms with Crippen molar-refractivity contribution >= 4 is 22.7 Å². The Morgan fingerprint density at radius 1 is 1.40 bits per heavy atom. The fourth-order valence-electron chi connectivity index (χ4n) is 4.04. The van der Waals surface area contributed by atoms with Gasteiger partial charge in [0.1, 0.15) is 0 Å². The number of benzene rings is 1. The quantitative estimate of drug-likeness (QED) is 0.846. The fraction of sp³-hybridized carbons (Fsp3) is 0.529. The molecule has 0 unspecified atom stereocenters. The van der Waals surface area contributed by atoms with Crippen LogP contribution in [-0.2, 0) is 5.54 Å². The largest absolute Gasteiger partial charge is 0.356 e. The van der Waals surface area contributed by atoms with E-state index in [1.807, 2.05) is 11.8 Å². The van der Waals surface area contributed by atoms with Crippen molar-refractivity contribution in [2.45, 2.75) is 37.1 Å². The van der Waals surface area contributed by atoms with Crippen LogP contribution in [0.3, 0.4) is 0 Å². The van der Waals surface area contributed by atoms with E-state index in [2.05, 4.69) is 48.0 Å². The highest BCUT2D eigenvalue weighted by Gasteiger charge is 2.46. The summed E-state index contributed by atoms with van der Waals surface area (Å²) in [6.07, 6.45) is 2.60. The Morgan fingerprint density at radius 3 is 3.10 bits per heavy atom. The van der Waals surface area contributed by atoms with Crippen molar-refractivity contribution in [1.82, 2.24) is 9.88 Å². The summed E-state index contributed by atoms with van der Waals surface area (Å²) in [4.78, 5) is 7.97. The van der Waals surface area contributed by atoms with E-state index in [9.17, 15) is 0 Å². The number of aromatic nitrogens is 1. The Morgan fingerprint density at radius 2 is 2.25 bits per heavy atom. The van der Waals surface area contributed by atoms with Gasteiger partial charge in [0.05, 0.1) is 11.2 Å².